The number of rotatable bonds is 3. The Morgan fingerprint density at radius 1 is 0.514 bits per heavy atom. The van der Waals surface area contributed by atoms with E-state index in [0.29, 0.717) is 15.1 Å². The first-order valence-corrected chi connectivity index (χ1v) is 9.62. The summed E-state index contributed by atoms with van der Waals surface area (Å²) in [5, 5.41) is 53.2. The van der Waals surface area contributed by atoms with E-state index in [2.05, 4.69) is 0 Å². The summed E-state index contributed by atoms with van der Waals surface area (Å²) in [4.78, 5) is 31.1. The van der Waals surface area contributed by atoms with Crippen LogP contribution in [0.3, 0.4) is 0 Å². The maximum Gasteiger partial charge on any atom is 0.339 e. The van der Waals surface area contributed by atoms with Gasteiger partial charge in [-0.15, -0.1) is 0 Å². The second kappa shape index (κ2) is 16.0. The van der Waals surface area contributed by atoms with Crippen molar-refractivity contribution in [3.8, 4) is 17.2 Å². The van der Waals surface area contributed by atoms with Gasteiger partial charge in [-0.1, -0.05) is 34.8 Å². The Morgan fingerprint density at radius 2 is 0.714 bits per heavy atom. The molecule has 0 aliphatic heterocycles. The van der Waals surface area contributed by atoms with Crippen LogP contribution in [0.4, 0.5) is 0 Å². The Kier molecular flexibility index (Phi) is 15.7. The minimum atomic E-state index is -1.19. The van der Waals surface area contributed by atoms with Crippen molar-refractivity contribution in [2.75, 3.05) is 0 Å². The predicted molar refractivity (Wildman–Crippen MR) is 127 cm³/mol. The van der Waals surface area contributed by atoms with Gasteiger partial charge in [0.15, 0.2) is 0 Å². The van der Waals surface area contributed by atoms with E-state index in [1.54, 1.807) is 0 Å². The molecular formula is C22H18Cl3O9Zr-. The summed E-state index contributed by atoms with van der Waals surface area (Å²) in [6.45, 7) is 0. The molecule has 0 amide bonds. The molecule has 0 unspecified atom stereocenters. The standard InChI is InChI=1S/3C7H5ClO3.CH3.Zr/c3*8-4-1-2-6(9)5(3-4)7(10)11;;/h3*1-3,9H,(H,10,11);1H3;/q;;;-1;. The average Bonchev–Trinajstić information content (AvgIpc) is 2.73. The van der Waals surface area contributed by atoms with Crippen LogP contribution in [0.15, 0.2) is 54.6 Å². The number of carboxylic acid groups (broad SMARTS) is 3. The molecule has 0 fully saturated rings. The Bertz CT molecular complexity index is 1040. The van der Waals surface area contributed by atoms with Crippen molar-refractivity contribution in [1.82, 2.24) is 0 Å². The SMILES string of the molecule is O=C(O)c1cc(Cl)ccc1O.O=C(O)c1cc(Cl)ccc1O.O=C(O)c1cc(Cl)ccc1O.[CH3-].[Zr]. The first kappa shape index (κ1) is 34.4. The van der Waals surface area contributed by atoms with E-state index in [9.17, 15) is 14.4 Å². The van der Waals surface area contributed by atoms with Crippen LogP contribution in [-0.4, -0.2) is 48.5 Å². The van der Waals surface area contributed by atoms with E-state index in [4.69, 9.17) is 65.4 Å². The van der Waals surface area contributed by atoms with Gasteiger partial charge >= 0.3 is 17.9 Å². The fourth-order valence-corrected chi connectivity index (χ4v) is 2.55. The average molecular weight is 624 g/mol. The first-order valence-electron chi connectivity index (χ1n) is 8.49. The number of carbonyl (C=O) groups is 3. The number of phenols is 3. The number of halogens is 3. The third kappa shape index (κ3) is 11.5. The molecule has 13 heteroatoms. The largest absolute Gasteiger partial charge is 0.507 e. The van der Waals surface area contributed by atoms with E-state index in [-0.39, 0.29) is 67.6 Å². The zero-order chi connectivity index (χ0) is 25.3. The van der Waals surface area contributed by atoms with Crippen LogP contribution in [0.25, 0.3) is 0 Å². The zero-order valence-corrected chi connectivity index (χ0v) is 22.5. The molecule has 3 rings (SSSR count). The third-order valence-corrected chi connectivity index (χ3v) is 4.27. The summed E-state index contributed by atoms with van der Waals surface area (Å²) in [5.41, 5.74) is -0.549. The summed E-state index contributed by atoms with van der Waals surface area (Å²) in [5.74, 6) is -4.40. The van der Waals surface area contributed by atoms with Gasteiger partial charge in [0.25, 0.3) is 0 Å². The fourth-order valence-electron chi connectivity index (χ4n) is 2.04. The number of hydrogen-bond donors (Lipinski definition) is 6. The normalized spacial score (nSPS) is 9.00. The molecule has 9 nitrogen and oxygen atoms in total. The summed E-state index contributed by atoms with van der Waals surface area (Å²) in [6, 6.07) is 11.6. The van der Waals surface area contributed by atoms with Crippen LogP contribution >= 0.6 is 34.8 Å². The van der Waals surface area contributed by atoms with Gasteiger partial charge in [0.1, 0.15) is 33.9 Å². The monoisotopic (exact) mass is 621 g/mol. The summed E-state index contributed by atoms with van der Waals surface area (Å²) < 4.78 is 0. The second-order valence-electron chi connectivity index (χ2n) is 5.90. The van der Waals surface area contributed by atoms with Crippen molar-refractivity contribution in [2.24, 2.45) is 0 Å². The van der Waals surface area contributed by atoms with E-state index < -0.39 is 17.9 Å². The smallest absolute Gasteiger partial charge is 0.339 e. The minimum Gasteiger partial charge on any atom is -0.507 e. The topological polar surface area (TPSA) is 173 Å². The summed E-state index contributed by atoms with van der Waals surface area (Å²) in [6.07, 6.45) is 0. The molecule has 0 bridgehead atoms. The predicted octanol–water partition coefficient (Wildman–Crippen LogP) is 5.68. The Labute approximate surface area is 233 Å². The van der Waals surface area contributed by atoms with E-state index in [0.717, 1.165) is 0 Å². The van der Waals surface area contributed by atoms with Crippen molar-refractivity contribution in [2.45, 2.75) is 0 Å². The van der Waals surface area contributed by atoms with Gasteiger partial charge in [-0.25, -0.2) is 14.4 Å². The third-order valence-electron chi connectivity index (χ3n) is 3.57. The van der Waals surface area contributed by atoms with Gasteiger partial charge in [-0.05, 0) is 54.6 Å². The van der Waals surface area contributed by atoms with Crippen LogP contribution < -0.4 is 0 Å². The molecule has 0 radical (unpaired) electrons. The minimum absolute atomic E-state index is 0. The van der Waals surface area contributed by atoms with Gasteiger partial charge in [-0.2, -0.15) is 0 Å². The Morgan fingerprint density at radius 3 is 0.857 bits per heavy atom. The van der Waals surface area contributed by atoms with E-state index >= 15 is 0 Å². The number of hydrogen-bond acceptors (Lipinski definition) is 6. The number of aromatic carboxylic acids is 3. The molecule has 3 aromatic rings. The molecule has 0 saturated carbocycles. The Balaban J connectivity index is 0. The molecule has 3 aromatic carbocycles. The molecule has 0 spiro atoms. The maximum absolute atomic E-state index is 10.4. The second-order valence-corrected chi connectivity index (χ2v) is 7.21. The fraction of sp³-hybridized carbons (Fsp3) is 0. The molecule has 186 valence electrons. The molecule has 6 N–H and O–H groups in total. The van der Waals surface area contributed by atoms with Gasteiger partial charge in [-0.3, -0.25) is 0 Å². The number of aromatic hydroxyl groups is 3. The molecule has 0 saturated heterocycles. The zero-order valence-electron chi connectivity index (χ0n) is 17.7. The van der Waals surface area contributed by atoms with Crippen molar-refractivity contribution >= 4 is 52.7 Å². The number of carboxylic acids is 3. The maximum atomic E-state index is 10.4. The summed E-state index contributed by atoms with van der Waals surface area (Å²) in [7, 11) is 0. The van der Waals surface area contributed by atoms with Crippen LogP contribution in [0.1, 0.15) is 31.1 Å². The summed E-state index contributed by atoms with van der Waals surface area (Å²) >= 11 is 16.5. The molecule has 0 heterocycles. The van der Waals surface area contributed by atoms with Crippen LogP contribution in [-0.2, 0) is 26.2 Å². The van der Waals surface area contributed by atoms with Gasteiger partial charge in [0.2, 0.25) is 0 Å². The van der Waals surface area contributed by atoms with Gasteiger partial charge in [0.05, 0.1) is 0 Å². The van der Waals surface area contributed by atoms with Crippen LogP contribution in [0, 0.1) is 7.43 Å². The molecule has 0 aliphatic rings. The van der Waals surface area contributed by atoms with Gasteiger partial charge in [0, 0.05) is 41.3 Å². The molecule has 35 heavy (non-hydrogen) atoms. The van der Waals surface area contributed by atoms with E-state index in [1.165, 1.54) is 54.6 Å². The van der Waals surface area contributed by atoms with E-state index in [1.807, 2.05) is 0 Å². The van der Waals surface area contributed by atoms with Crippen molar-refractivity contribution in [3.63, 3.8) is 0 Å². The molecule has 0 atom stereocenters. The molecule has 0 aromatic heterocycles. The Hall–Kier alpha value is -2.78. The van der Waals surface area contributed by atoms with Crippen LogP contribution in [0.5, 0.6) is 17.2 Å². The van der Waals surface area contributed by atoms with Crippen molar-refractivity contribution in [1.29, 1.82) is 0 Å². The molecular weight excluding hydrogens is 606 g/mol. The van der Waals surface area contributed by atoms with Gasteiger partial charge < -0.3 is 38.1 Å². The first-order chi connectivity index (χ1) is 15.3. The number of benzene rings is 3. The van der Waals surface area contributed by atoms with Crippen molar-refractivity contribution in [3.05, 3.63) is 93.8 Å². The molecule has 0 aliphatic carbocycles. The van der Waals surface area contributed by atoms with Crippen LogP contribution in [0.2, 0.25) is 15.1 Å². The quantitative estimate of drug-likeness (QED) is 0.201. The van der Waals surface area contributed by atoms with Crippen molar-refractivity contribution < 1.29 is 71.2 Å².